The van der Waals surface area contributed by atoms with Crippen LogP contribution in [-0.4, -0.2) is 34.9 Å². The van der Waals surface area contributed by atoms with Crippen LogP contribution in [0.3, 0.4) is 0 Å². The molecule has 1 heterocycles. The molecule has 2 atom stereocenters. The Morgan fingerprint density at radius 3 is 2.25 bits per heavy atom. The molecule has 1 N–H and O–H groups in total. The molecule has 106 valence electrons. The third-order valence-electron chi connectivity index (χ3n) is 3.07. The molecule has 0 aromatic heterocycles. The van der Waals surface area contributed by atoms with E-state index >= 15 is 0 Å². The molecule has 0 saturated carbocycles. The summed E-state index contributed by atoms with van der Waals surface area (Å²) in [6.45, 7) is 3.22. The molecule has 2 unspecified atom stereocenters. The van der Waals surface area contributed by atoms with Gasteiger partial charge in [0.2, 0.25) is 0 Å². The van der Waals surface area contributed by atoms with Crippen LogP contribution in [0.4, 0.5) is 4.79 Å². The second kappa shape index (κ2) is 5.83. The van der Waals surface area contributed by atoms with Crippen LogP contribution in [0.1, 0.15) is 19.4 Å². The topological polar surface area (TPSA) is 75.7 Å². The molecule has 6 heteroatoms. The normalized spacial score (nSPS) is 22.8. The SMILES string of the molecule is CC1NC(C)C(=O)N(C(=O)OCc2ccccc2)C1=O. The van der Waals surface area contributed by atoms with Crippen molar-refractivity contribution in [3.63, 3.8) is 0 Å². The third-order valence-corrected chi connectivity index (χ3v) is 3.07. The average Bonchev–Trinajstić information content (AvgIpc) is 2.44. The molecular formula is C14H16N2O4. The Balaban J connectivity index is 2.03. The number of nitrogens with one attached hydrogen (secondary N) is 1. The number of carbonyl (C=O) groups excluding carboxylic acids is 3. The monoisotopic (exact) mass is 276 g/mol. The van der Waals surface area contributed by atoms with Crippen LogP contribution in [-0.2, 0) is 20.9 Å². The van der Waals surface area contributed by atoms with E-state index in [0.717, 1.165) is 5.56 Å². The first kappa shape index (κ1) is 14.2. The first-order valence-electron chi connectivity index (χ1n) is 6.35. The molecule has 20 heavy (non-hydrogen) atoms. The maximum atomic E-state index is 11.9. The third kappa shape index (κ3) is 2.85. The molecule has 0 radical (unpaired) electrons. The first-order valence-corrected chi connectivity index (χ1v) is 6.35. The van der Waals surface area contributed by atoms with Gasteiger partial charge in [-0.3, -0.25) is 14.9 Å². The van der Waals surface area contributed by atoms with Crippen LogP contribution < -0.4 is 5.32 Å². The standard InChI is InChI=1S/C14H16N2O4/c1-9-12(17)16(13(18)10(2)15-9)14(19)20-8-11-6-4-3-5-7-11/h3-7,9-10,15H,8H2,1-2H3. The fourth-order valence-electron chi connectivity index (χ4n) is 1.98. The van der Waals surface area contributed by atoms with E-state index in [1.54, 1.807) is 26.0 Å². The molecule has 0 aliphatic carbocycles. The summed E-state index contributed by atoms with van der Waals surface area (Å²) in [5.74, 6) is -1.18. The maximum absolute atomic E-state index is 11.9. The molecule has 1 fully saturated rings. The predicted molar refractivity (Wildman–Crippen MR) is 70.5 cm³/mol. The zero-order chi connectivity index (χ0) is 14.7. The largest absolute Gasteiger partial charge is 0.444 e. The highest BCUT2D eigenvalue weighted by Crippen LogP contribution is 2.11. The number of carbonyl (C=O) groups is 3. The lowest BCUT2D eigenvalue weighted by molar-refractivity contribution is -0.148. The highest BCUT2D eigenvalue weighted by molar-refractivity contribution is 6.13. The van der Waals surface area contributed by atoms with E-state index in [0.29, 0.717) is 4.90 Å². The lowest BCUT2D eigenvalue weighted by Crippen LogP contribution is -2.62. The summed E-state index contributed by atoms with van der Waals surface area (Å²) in [6, 6.07) is 7.87. The van der Waals surface area contributed by atoms with Crippen LogP contribution in [0.2, 0.25) is 0 Å². The summed E-state index contributed by atoms with van der Waals surface area (Å²) in [5, 5.41) is 2.79. The number of ether oxygens (including phenoxy) is 1. The predicted octanol–water partition coefficient (Wildman–Crippen LogP) is 1.06. The minimum atomic E-state index is -0.927. The minimum absolute atomic E-state index is 0.0208. The van der Waals surface area contributed by atoms with Crippen molar-refractivity contribution in [2.24, 2.45) is 0 Å². The summed E-state index contributed by atoms with van der Waals surface area (Å²) >= 11 is 0. The number of rotatable bonds is 2. The van der Waals surface area contributed by atoms with Crippen molar-refractivity contribution < 1.29 is 19.1 Å². The zero-order valence-electron chi connectivity index (χ0n) is 11.3. The Morgan fingerprint density at radius 1 is 1.15 bits per heavy atom. The number of piperazine rings is 1. The Bertz CT molecular complexity index is 509. The van der Waals surface area contributed by atoms with Gasteiger partial charge in [-0.05, 0) is 19.4 Å². The summed E-state index contributed by atoms with van der Waals surface area (Å²) in [5.41, 5.74) is 0.789. The number of hydrogen-bond acceptors (Lipinski definition) is 5. The van der Waals surface area contributed by atoms with E-state index in [4.69, 9.17) is 4.74 Å². The zero-order valence-corrected chi connectivity index (χ0v) is 11.3. The van der Waals surface area contributed by atoms with Crippen LogP contribution in [0.25, 0.3) is 0 Å². The van der Waals surface area contributed by atoms with Crippen molar-refractivity contribution in [2.75, 3.05) is 0 Å². The Kier molecular flexibility index (Phi) is 4.14. The van der Waals surface area contributed by atoms with E-state index in [1.165, 1.54) is 0 Å². The van der Waals surface area contributed by atoms with E-state index in [2.05, 4.69) is 5.32 Å². The fraction of sp³-hybridized carbons (Fsp3) is 0.357. The summed E-state index contributed by atoms with van der Waals surface area (Å²) in [4.78, 5) is 36.2. The van der Waals surface area contributed by atoms with E-state index < -0.39 is 30.0 Å². The van der Waals surface area contributed by atoms with Gasteiger partial charge in [0.05, 0.1) is 12.1 Å². The summed E-state index contributed by atoms with van der Waals surface area (Å²) in [7, 11) is 0. The van der Waals surface area contributed by atoms with Gasteiger partial charge in [0, 0.05) is 0 Å². The minimum Gasteiger partial charge on any atom is -0.444 e. The number of hydrogen-bond donors (Lipinski definition) is 1. The Morgan fingerprint density at radius 2 is 1.70 bits per heavy atom. The van der Waals surface area contributed by atoms with Gasteiger partial charge >= 0.3 is 6.09 Å². The number of amides is 3. The lowest BCUT2D eigenvalue weighted by atomic mass is 10.1. The molecule has 0 bridgehead atoms. The molecule has 1 aromatic rings. The first-order chi connectivity index (χ1) is 9.50. The van der Waals surface area contributed by atoms with Gasteiger partial charge in [-0.15, -0.1) is 0 Å². The molecule has 1 saturated heterocycles. The number of imide groups is 3. The van der Waals surface area contributed by atoms with Crippen LogP contribution >= 0.6 is 0 Å². The van der Waals surface area contributed by atoms with Crippen molar-refractivity contribution in [3.8, 4) is 0 Å². The number of nitrogens with zero attached hydrogens (tertiary/aromatic N) is 1. The van der Waals surface area contributed by atoms with Crippen molar-refractivity contribution in [3.05, 3.63) is 35.9 Å². The lowest BCUT2D eigenvalue weighted by Gasteiger charge is -2.31. The van der Waals surface area contributed by atoms with Gasteiger partial charge < -0.3 is 4.74 Å². The average molecular weight is 276 g/mol. The van der Waals surface area contributed by atoms with Crippen LogP contribution in [0, 0.1) is 0 Å². The van der Waals surface area contributed by atoms with E-state index in [-0.39, 0.29) is 6.61 Å². The second-order valence-electron chi connectivity index (χ2n) is 4.66. The molecule has 2 rings (SSSR count). The highest BCUT2D eigenvalue weighted by atomic mass is 16.6. The molecule has 6 nitrogen and oxygen atoms in total. The van der Waals surface area contributed by atoms with E-state index in [9.17, 15) is 14.4 Å². The smallest absolute Gasteiger partial charge is 0.423 e. The fourth-order valence-corrected chi connectivity index (χ4v) is 1.98. The molecule has 3 amide bonds. The van der Waals surface area contributed by atoms with Gasteiger partial charge in [0.15, 0.2) is 0 Å². The van der Waals surface area contributed by atoms with Crippen molar-refractivity contribution in [1.29, 1.82) is 0 Å². The van der Waals surface area contributed by atoms with Gasteiger partial charge in [0.1, 0.15) is 6.61 Å². The molecule has 1 aliphatic rings. The second-order valence-corrected chi connectivity index (χ2v) is 4.66. The van der Waals surface area contributed by atoms with Gasteiger partial charge in [-0.1, -0.05) is 30.3 Å². The highest BCUT2D eigenvalue weighted by Gasteiger charge is 2.41. The van der Waals surface area contributed by atoms with Gasteiger partial charge in [-0.2, -0.15) is 4.90 Å². The molecular weight excluding hydrogens is 260 g/mol. The van der Waals surface area contributed by atoms with Crippen molar-refractivity contribution in [1.82, 2.24) is 10.2 Å². The van der Waals surface area contributed by atoms with E-state index in [1.807, 2.05) is 18.2 Å². The molecule has 1 aromatic carbocycles. The Hall–Kier alpha value is -2.21. The van der Waals surface area contributed by atoms with Crippen LogP contribution in [0.5, 0.6) is 0 Å². The van der Waals surface area contributed by atoms with Crippen molar-refractivity contribution in [2.45, 2.75) is 32.5 Å². The Labute approximate surface area is 116 Å². The number of benzene rings is 1. The van der Waals surface area contributed by atoms with Crippen molar-refractivity contribution >= 4 is 17.9 Å². The summed E-state index contributed by atoms with van der Waals surface area (Å²) in [6.07, 6.45) is -0.927. The maximum Gasteiger partial charge on any atom is 0.423 e. The van der Waals surface area contributed by atoms with Gasteiger partial charge in [0.25, 0.3) is 11.8 Å². The summed E-state index contributed by atoms with van der Waals surface area (Å²) < 4.78 is 5.02. The van der Waals surface area contributed by atoms with Crippen LogP contribution in [0.15, 0.2) is 30.3 Å². The quantitative estimate of drug-likeness (QED) is 0.817. The molecule has 0 spiro atoms. The van der Waals surface area contributed by atoms with Gasteiger partial charge in [-0.25, -0.2) is 4.79 Å². The molecule has 1 aliphatic heterocycles.